The SMILES string of the molecule is CNCC(C)C(=O)N(C)CCOCc1ccccc1. The van der Waals surface area contributed by atoms with Crippen molar-refractivity contribution in [3.8, 4) is 0 Å². The number of hydrogen-bond acceptors (Lipinski definition) is 3. The van der Waals surface area contributed by atoms with E-state index in [1.165, 1.54) is 0 Å². The van der Waals surface area contributed by atoms with Crippen molar-refractivity contribution in [2.45, 2.75) is 13.5 Å². The lowest BCUT2D eigenvalue weighted by Gasteiger charge is -2.21. The molecule has 0 aliphatic heterocycles. The van der Waals surface area contributed by atoms with Crippen molar-refractivity contribution >= 4 is 5.91 Å². The summed E-state index contributed by atoms with van der Waals surface area (Å²) in [6.07, 6.45) is 0. The zero-order chi connectivity index (χ0) is 14.1. The third kappa shape index (κ3) is 5.85. The van der Waals surface area contributed by atoms with Crippen LogP contribution in [0.4, 0.5) is 0 Å². The molecule has 1 amide bonds. The van der Waals surface area contributed by atoms with Gasteiger partial charge in [-0.3, -0.25) is 4.79 Å². The summed E-state index contributed by atoms with van der Waals surface area (Å²) < 4.78 is 5.57. The normalized spacial score (nSPS) is 12.2. The van der Waals surface area contributed by atoms with E-state index in [1.807, 2.05) is 51.4 Å². The summed E-state index contributed by atoms with van der Waals surface area (Å²) in [5.74, 6) is 0.154. The fourth-order valence-electron chi connectivity index (χ4n) is 1.85. The zero-order valence-corrected chi connectivity index (χ0v) is 12.1. The Balaban J connectivity index is 2.20. The predicted octanol–water partition coefficient (Wildman–Crippen LogP) is 1.52. The van der Waals surface area contributed by atoms with Crippen LogP contribution in [0.15, 0.2) is 30.3 Å². The van der Waals surface area contributed by atoms with Crippen LogP contribution in [0.1, 0.15) is 12.5 Å². The highest BCUT2D eigenvalue weighted by Gasteiger charge is 2.15. The maximum absolute atomic E-state index is 11.9. The molecular weight excluding hydrogens is 240 g/mol. The molecule has 0 heterocycles. The van der Waals surface area contributed by atoms with Crippen molar-refractivity contribution in [3.63, 3.8) is 0 Å². The Kier molecular flexibility index (Phi) is 7.15. The van der Waals surface area contributed by atoms with Crippen molar-refractivity contribution < 1.29 is 9.53 Å². The van der Waals surface area contributed by atoms with E-state index in [2.05, 4.69) is 5.32 Å². The second kappa shape index (κ2) is 8.67. The molecule has 0 aromatic heterocycles. The van der Waals surface area contributed by atoms with Gasteiger partial charge in [-0.05, 0) is 12.6 Å². The average molecular weight is 264 g/mol. The molecule has 1 aromatic carbocycles. The van der Waals surface area contributed by atoms with E-state index in [1.54, 1.807) is 4.90 Å². The fraction of sp³-hybridized carbons (Fsp3) is 0.533. The lowest BCUT2D eigenvalue weighted by Crippen LogP contribution is -2.37. The molecule has 0 saturated carbocycles. The summed E-state index contributed by atoms with van der Waals surface area (Å²) in [5, 5.41) is 3.01. The highest BCUT2D eigenvalue weighted by Crippen LogP contribution is 2.02. The molecule has 1 aromatic rings. The highest BCUT2D eigenvalue weighted by atomic mass is 16.5. The third-order valence-corrected chi connectivity index (χ3v) is 2.99. The summed E-state index contributed by atoms with van der Waals surface area (Å²) in [7, 11) is 3.67. The van der Waals surface area contributed by atoms with Crippen molar-refractivity contribution in [2.75, 3.05) is 33.8 Å². The zero-order valence-electron chi connectivity index (χ0n) is 12.1. The van der Waals surface area contributed by atoms with Gasteiger partial charge < -0.3 is 15.0 Å². The molecule has 0 saturated heterocycles. The molecular formula is C15H24N2O2. The molecule has 1 N–H and O–H groups in total. The number of nitrogens with zero attached hydrogens (tertiary/aromatic N) is 1. The first-order valence-corrected chi connectivity index (χ1v) is 6.66. The molecule has 4 nitrogen and oxygen atoms in total. The maximum atomic E-state index is 11.9. The van der Waals surface area contributed by atoms with Gasteiger partial charge in [-0.15, -0.1) is 0 Å². The first-order valence-electron chi connectivity index (χ1n) is 6.66. The van der Waals surface area contributed by atoms with E-state index in [0.29, 0.717) is 26.3 Å². The number of rotatable bonds is 8. The first-order chi connectivity index (χ1) is 9.15. The molecule has 4 heteroatoms. The Morgan fingerprint density at radius 3 is 2.68 bits per heavy atom. The van der Waals surface area contributed by atoms with Crippen LogP contribution >= 0.6 is 0 Å². The van der Waals surface area contributed by atoms with E-state index in [-0.39, 0.29) is 11.8 Å². The molecule has 1 atom stereocenters. The van der Waals surface area contributed by atoms with Gasteiger partial charge in [0.15, 0.2) is 0 Å². The Hall–Kier alpha value is -1.39. The van der Waals surface area contributed by atoms with Crippen LogP contribution in [0.25, 0.3) is 0 Å². The lowest BCUT2D eigenvalue weighted by molar-refractivity contribution is -0.134. The smallest absolute Gasteiger partial charge is 0.226 e. The van der Waals surface area contributed by atoms with Crippen molar-refractivity contribution in [1.29, 1.82) is 0 Å². The Morgan fingerprint density at radius 2 is 2.05 bits per heavy atom. The number of amides is 1. The van der Waals surface area contributed by atoms with E-state index >= 15 is 0 Å². The van der Waals surface area contributed by atoms with Gasteiger partial charge in [0, 0.05) is 26.1 Å². The lowest BCUT2D eigenvalue weighted by atomic mass is 10.1. The maximum Gasteiger partial charge on any atom is 0.226 e. The predicted molar refractivity (Wildman–Crippen MR) is 76.8 cm³/mol. The molecule has 0 radical (unpaired) electrons. The summed E-state index contributed by atoms with van der Waals surface area (Å²) in [6.45, 7) is 4.41. The van der Waals surface area contributed by atoms with Gasteiger partial charge in [-0.25, -0.2) is 0 Å². The Bertz CT molecular complexity index is 368. The Labute approximate surface area is 115 Å². The van der Waals surface area contributed by atoms with Crippen LogP contribution in [0.2, 0.25) is 0 Å². The van der Waals surface area contributed by atoms with Crippen LogP contribution in [0.3, 0.4) is 0 Å². The third-order valence-electron chi connectivity index (χ3n) is 2.99. The molecule has 0 bridgehead atoms. The van der Waals surface area contributed by atoms with Crippen molar-refractivity contribution in [3.05, 3.63) is 35.9 Å². The van der Waals surface area contributed by atoms with Crippen LogP contribution in [0, 0.1) is 5.92 Å². The Morgan fingerprint density at radius 1 is 1.37 bits per heavy atom. The number of nitrogens with one attached hydrogen (secondary N) is 1. The molecule has 0 spiro atoms. The largest absolute Gasteiger partial charge is 0.375 e. The number of hydrogen-bond donors (Lipinski definition) is 1. The van der Waals surface area contributed by atoms with Gasteiger partial charge >= 0.3 is 0 Å². The molecule has 0 fully saturated rings. The van der Waals surface area contributed by atoms with Gasteiger partial charge in [0.1, 0.15) is 0 Å². The van der Waals surface area contributed by atoms with Gasteiger partial charge in [0.2, 0.25) is 5.91 Å². The van der Waals surface area contributed by atoms with E-state index in [0.717, 1.165) is 5.56 Å². The highest BCUT2D eigenvalue weighted by molar-refractivity contribution is 5.78. The second-order valence-corrected chi connectivity index (χ2v) is 4.76. The van der Waals surface area contributed by atoms with Crippen LogP contribution in [0.5, 0.6) is 0 Å². The van der Waals surface area contributed by atoms with E-state index in [4.69, 9.17) is 4.74 Å². The molecule has 0 aliphatic carbocycles. The van der Waals surface area contributed by atoms with Crippen molar-refractivity contribution in [2.24, 2.45) is 5.92 Å². The topological polar surface area (TPSA) is 41.6 Å². The summed E-state index contributed by atoms with van der Waals surface area (Å²) in [6, 6.07) is 10.0. The molecule has 19 heavy (non-hydrogen) atoms. The average Bonchev–Trinajstić information content (AvgIpc) is 2.44. The van der Waals surface area contributed by atoms with Gasteiger partial charge in [-0.1, -0.05) is 37.3 Å². The number of benzene rings is 1. The fourth-order valence-corrected chi connectivity index (χ4v) is 1.85. The monoisotopic (exact) mass is 264 g/mol. The van der Waals surface area contributed by atoms with E-state index in [9.17, 15) is 4.79 Å². The number of carbonyl (C=O) groups excluding carboxylic acids is 1. The summed E-state index contributed by atoms with van der Waals surface area (Å²) in [5.41, 5.74) is 1.15. The summed E-state index contributed by atoms with van der Waals surface area (Å²) in [4.78, 5) is 13.7. The molecule has 106 valence electrons. The van der Waals surface area contributed by atoms with E-state index < -0.39 is 0 Å². The van der Waals surface area contributed by atoms with Gasteiger partial charge in [0.25, 0.3) is 0 Å². The standard InChI is InChI=1S/C15H24N2O2/c1-13(11-16-2)15(18)17(3)9-10-19-12-14-7-5-4-6-8-14/h4-8,13,16H,9-12H2,1-3H3. The number of likely N-dealkylation sites (N-methyl/N-ethyl adjacent to an activating group) is 1. The first kappa shape index (κ1) is 15.7. The molecule has 1 unspecified atom stereocenters. The van der Waals surface area contributed by atoms with Gasteiger partial charge in [-0.2, -0.15) is 0 Å². The number of ether oxygens (including phenoxy) is 1. The van der Waals surface area contributed by atoms with Crippen LogP contribution < -0.4 is 5.32 Å². The minimum Gasteiger partial charge on any atom is -0.375 e. The summed E-state index contributed by atoms with van der Waals surface area (Å²) >= 11 is 0. The molecule has 0 aliphatic rings. The quantitative estimate of drug-likeness (QED) is 0.724. The second-order valence-electron chi connectivity index (χ2n) is 4.76. The minimum atomic E-state index is 0.00382. The van der Waals surface area contributed by atoms with Gasteiger partial charge in [0.05, 0.1) is 13.2 Å². The molecule has 1 rings (SSSR count). The van der Waals surface area contributed by atoms with Crippen LogP contribution in [-0.2, 0) is 16.1 Å². The number of carbonyl (C=O) groups is 1. The van der Waals surface area contributed by atoms with Crippen molar-refractivity contribution in [1.82, 2.24) is 10.2 Å². The van der Waals surface area contributed by atoms with Crippen LogP contribution in [-0.4, -0.2) is 44.6 Å². The minimum absolute atomic E-state index is 0.00382.